The Morgan fingerprint density at radius 1 is 1.62 bits per heavy atom. The van der Waals surface area contributed by atoms with Gasteiger partial charge in [-0.3, -0.25) is 4.79 Å². The number of amides is 1. The zero-order chi connectivity index (χ0) is 9.26. The quantitative estimate of drug-likeness (QED) is 0.652. The van der Waals surface area contributed by atoms with Crippen LogP contribution in [0.3, 0.4) is 0 Å². The summed E-state index contributed by atoms with van der Waals surface area (Å²) in [6.07, 6.45) is 7.47. The fourth-order valence-corrected chi connectivity index (χ4v) is 2.27. The normalized spacial score (nSPS) is 33.3. The predicted molar refractivity (Wildman–Crippen MR) is 48.8 cm³/mol. The third-order valence-corrected chi connectivity index (χ3v) is 3.02. The minimum Gasteiger partial charge on any atom is -0.396 e. The van der Waals surface area contributed by atoms with Gasteiger partial charge in [0.2, 0.25) is 5.91 Å². The van der Waals surface area contributed by atoms with Crippen LogP contribution in [0.1, 0.15) is 25.7 Å². The molecular formula is C10H15NO2. The number of aliphatic hydroxyl groups is 1. The second-order valence-electron chi connectivity index (χ2n) is 3.82. The van der Waals surface area contributed by atoms with E-state index in [1.807, 2.05) is 17.2 Å². The van der Waals surface area contributed by atoms with Gasteiger partial charge < -0.3 is 10.0 Å². The van der Waals surface area contributed by atoms with Crippen LogP contribution in [0.5, 0.6) is 0 Å². The summed E-state index contributed by atoms with van der Waals surface area (Å²) < 4.78 is 0. The summed E-state index contributed by atoms with van der Waals surface area (Å²) in [6.45, 7) is 0.193. The van der Waals surface area contributed by atoms with Crippen LogP contribution in [-0.2, 0) is 4.79 Å². The van der Waals surface area contributed by atoms with Crippen molar-refractivity contribution in [3.63, 3.8) is 0 Å². The van der Waals surface area contributed by atoms with Gasteiger partial charge in [-0.05, 0) is 19.3 Å². The van der Waals surface area contributed by atoms with E-state index in [0.717, 1.165) is 19.3 Å². The molecule has 0 bridgehead atoms. The molecule has 0 aromatic rings. The lowest BCUT2D eigenvalue weighted by Crippen LogP contribution is -2.47. The van der Waals surface area contributed by atoms with E-state index in [1.165, 1.54) is 0 Å². The molecule has 2 heterocycles. The van der Waals surface area contributed by atoms with Crippen molar-refractivity contribution >= 4 is 5.91 Å². The molecule has 1 N–H and O–H groups in total. The molecule has 72 valence electrons. The molecule has 1 amide bonds. The molecular weight excluding hydrogens is 166 g/mol. The number of nitrogens with zero attached hydrogens (tertiary/aromatic N) is 1. The Labute approximate surface area is 78.0 Å². The molecule has 2 rings (SSSR count). The first-order valence-electron chi connectivity index (χ1n) is 4.91. The zero-order valence-corrected chi connectivity index (χ0v) is 7.65. The molecule has 1 fully saturated rings. The van der Waals surface area contributed by atoms with Gasteiger partial charge in [0.1, 0.15) is 0 Å². The fourth-order valence-electron chi connectivity index (χ4n) is 2.27. The summed E-state index contributed by atoms with van der Waals surface area (Å²) in [5.74, 6) is 0.472. The molecule has 13 heavy (non-hydrogen) atoms. The highest BCUT2D eigenvalue weighted by molar-refractivity contribution is 5.78. The van der Waals surface area contributed by atoms with Crippen molar-refractivity contribution in [3.05, 3.63) is 12.3 Å². The van der Waals surface area contributed by atoms with Gasteiger partial charge in [0.25, 0.3) is 0 Å². The SMILES string of the molecule is O=C1CCCC2C(CO)CC=CN12. The van der Waals surface area contributed by atoms with Crippen LogP contribution in [0.15, 0.2) is 12.3 Å². The monoisotopic (exact) mass is 181 g/mol. The van der Waals surface area contributed by atoms with Crippen molar-refractivity contribution in [2.75, 3.05) is 6.61 Å². The highest BCUT2D eigenvalue weighted by atomic mass is 16.3. The third kappa shape index (κ3) is 1.48. The van der Waals surface area contributed by atoms with E-state index in [9.17, 15) is 4.79 Å². The molecule has 3 nitrogen and oxygen atoms in total. The predicted octanol–water partition coefficient (Wildman–Crippen LogP) is 0.893. The summed E-state index contributed by atoms with van der Waals surface area (Å²) in [5.41, 5.74) is 0. The second kappa shape index (κ2) is 3.50. The smallest absolute Gasteiger partial charge is 0.226 e. The summed E-state index contributed by atoms with van der Waals surface area (Å²) >= 11 is 0. The summed E-state index contributed by atoms with van der Waals surface area (Å²) in [6, 6.07) is 0.260. The van der Waals surface area contributed by atoms with Gasteiger partial charge in [0, 0.05) is 31.2 Å². The molecule has 2 aliphatic rings. The summed E-state index contributed by atoms with van der Waals surface area (Å²) in [5, 5.41) is 9.14. The van der Waals surface area contributed by atoms with Gasteiger partial charge in [0.15, 0.2) is 0 Å². The van der Waals surface area contributed by atoms with Gasteiger partial charge >= 0.3 is 0 Å². The number of carbonyl (C=O) groups is 1. The number of aliphatic hydroxyl groups excluding tert-OH is 1. The first kappa shape index (κ1) is 8.75. The average Bonchev–Trinajstić information content (AvgIpc) is 2.18. The molecule has 0 radical (unpaired) electrons. The number of fused-ring (bicyclic) bond motifs is 1. The Morgan fingerprint density at radius 2 is 2.46 bits per heavy atom. The van der Waals surface area contributed by atoms with Crippen LogP contribution in [0, 0.1) is 5.92 Å². The Kier molecular flexibility index (Phi) is 2.36. The zero-order valence-electron chi connectivity index (χ0n) is 7.65. The van der Waals surface area contributed by atoms with Crippen LogP contribution in [0.4, 0.5) is 0 Å². The number of hydrogen-bond acceptors (Lipinski definition) is 2. The molecule has 0 saturated carbocycles. The lowest BCUT2D eigenvalue weighted by Gasteiger charge is -2.40. The first-order valence-corrected chi connectivity index (χ1v) is 4.91. The van der Waals surface area contributed by atoms with Crippen molar-refractivity contribution in [1.29, 1.82) is 0 Å². The maximum Gasteiger partial charge on any atom is 0.226 e. The standard InChI is InChI=1S/C10H15NO2/c12-7-8-3-2-6-11-9(8)4-1-5-10(11)13/h2,6,8-9,12H,1,3-5,7H2. The van der Waals surface area contributed by atoms with E-state index >= 15 is 0 Å². The van der Waals surface area contributed by atoms with Crippen LogP contribution in [0.25, 0.3) is 0 Å². The highest BCUT2D eigenvalue weighted by Gasteiger charge is 2.33. The number of piperidine rings is 1. The van der Waals surface area contributed by atoms with E-state index in [1.54, 1.807) is 0 Å². The molecule has 2 atom stereocenters. The lowest BCUT2D eigenvalue weighted by atomic mass is 9.86. The van der Waals surface area contributed by atoms with Crippen molar-refractivity contribution in [2.45, 2.75) is 31.7 Å². The molecule has 0 aliphatic carbocycles. The number of carbonyl (C=O) groups excluding carboxylic acids is 1. The molecule has 0 spiro atoms. The first-order chi connectivity index (χ1) is 6.33. The third-order valence-electron chi connectivity index (χ3n) is 3.02. The Bertz CT molecular complexity index is 237. The maximum absolute atomic E-state index is 11.5. The Balaban J connectivity index is 2.17. The summed E-state index contributed by atoms with van der Waals surface area (Å²) in [7, 11) is 0. The minimum absolute atomic E-state index is 0.193. The van der Waals surface area contributed by atoms with E-state index in [0.29, 0.717) is 6.42 Å². The van der Waals surface area contributed by atoms with Crippen LogP contribution < -0.4 is 0 Å². The Hall–Kier alpha value is -0.830. The van der Waals surface area contributed by atoms with E-state index in [4.69, 9.17) is 5.11 Å². The average molecular weight is 181 g/mol. The van der Waals surface area contributed by atoms with Crippen LogP contribution >= 0.6 is 0 Å². The second-order valence-corrected chi connectivity index (χ2v) is 3.82. The topological polar surface area (TPSA) is 40.5 Å². The largest absolute Gasteiger partial charge is 0.396 e. The van der Waals surface area contributed by atoms with Crippen molar-refractivity contribution < 1.29 is 9.90 Å². The van der Waals surface area contributed by atoms with Crippen molar-refractivity contribution in [3.8, 4) is 0 Å². The van der Waals surface area contributed by atoms with E-state index in [2.05, 4.69) is 0 Å². The van der Waals surface area contributed by atoms with Gasteiger partial charge in [-0.1, -0.05) is 6.08 Å². The van der Waals surface area contributed by atoms with Gasteiger partial charge in [-0.25, -0.2) is 0 Å². The van der Waals surface area contributed by atoms with Crippen molar-refractivity contribution in [1.82, 2.24) is 4.90 Å². The number of allylic oxidation sites excluding steroid dienone is 1. The van der Waals surface area contributed by atoms with Gasteiger partial charge in [-0.15, -0.1) is 0 Å². The molecule has 0 aromatic carbocycles. The highest BCUT2D eigenvalue weighted by Crippen LogP contribution is 2.29. The number of hydrogen-bond donors (Lipinski definition) is 1. The summed E-state index contributed by atoms with van der Waals surface area (Å²) in [4.78, 5) is 13.3. The van der Waals surface area contributed by atoms with E-state index in [-0.39, 0.29) is 24.5 Å². The molecule has 2 unspecified atom stereocenters. The molecule has 3 heteroatoms. The Morgan fingerprint density at radius 3 is 3.23 bits per heavy atom. The minimum atomic E-state index is 0.193. The lowest BCUT2D eigenvalue weighted by molar-refractivity contribution is -0.135. The van der Waals surface area contributed by atoms with Gasteiger partial charge in [-0.2, -0.15) is 0 Å². The van der Waals surface area contributed by atoms with Crippen molar-refractivity contribution in [2.24, 2.45) is 5.92 Å². The fraction of sp³-hybridized carbons (Fsp3) is 0.700. The van der Waals surface area contributed by atoms with E-state index < -0.39 is 0 Å². The van der Waals surface area contributed by atoms with Crippen LogP contribution in [0.2, 0.25) is 0 Å². The van der Waals surface area contributed by atoms with Gasteiger partial charge in [0.05, 0.1) is 0 Å². The molecule has 2 aliphatic heterocycles. The number of rotatable bonds is 1. The molecule has 1 saturated heterocycles. The maximum atomic E-state index is 11.5. The molecule has 0 aromatic heterocycles. The van der Waals surface area contributed by atoms with Crippen LogP contribution in [-0.4, -0.2) is 28.6 Å².